The largest absolute Gasteiger partial charge is 0.339 e. The Hall–Kier alpha value is -3.53. The molecule has 5 rings (SSSR count). The molecule has 0 saturated carbocycles. The van der Waals surface area contributed by atoms with Crippen LogP contribution in [0.5, 0.6) is 0 Å². The van der Waals surface area contributed by atoms with Gasteiger partial charge in [0.2, 0.25) is 0 Å². The number of hydrogen-bond acceptors (Lipinski definition) is 3. The van der Waals surface area contributed by atoms with Crippen LogP contribution >= 0.6 is 0 Å². The lowest BCUT2D eigenvalue weighted by Gasteiger charge is -2.17. The van der Waals surface area contributed by atoms with Gasteiger partial charge in [0.25, 0.3) is 5.91 Å². The van der Waals surface area contributed by atoms with Crippen molar-refractivity contribution >= 4 is 16.9 Å². The van der Waals surface area contributed by atoms with Gasteiger partial charge in [-0.25, -0.2) is 0 Å². The number of carbonyl (C=O) groups is 1. The van der Waals surface area contributed by atoms with Crippen molar-refractivity contribution in [2.24, 2.45) is 0 Å². The molecule has 1 aromatic heterocycles. The smallest absolute Gasteiger partial charge is 0.253 e. The molecule has 1 amide bonds. The van der Waals surface area contributed by atoms with E-state index < -0.39 is 0 Å². The number of carbonyl (C=O) groups excluding carboxylic acids is 1. The summed E-state index contributed by atoms with van der Waals surface area (Å²) in [6.45, 7) is 1.69. The lowest BCUT2D eigenvalue weighted by atomic mass is 9.95. The average molecular weight is 379 g/mol. The van der Waals surface area contributed by atoms with Crippen molar-refractivity contribution in [2.45, 2.75) is 12.8 Å². The van der Waals surface area contributed by atoms with E-state index in [1.807, 2.05) is 53.4 Å². The molecule has 29 heavy (non-hydrogen) atoms. The van der Waals surface area contributed by atoms with Gasteiger partial charge in [0, 0.05) is 31.0 Å². The van der Waals surface area contributed by atoms with Gasteiger partial charge in [0.15, 0.2) is 0 Å². The van der Waals surface area contributed by atoms with Crippen molar-refractivity contribution in [1.82, 2.24) is 14.9 Å². The second-order valence-electron chi connectivity index (χ2n) is 7.42. The van der Waals surface area contributed by atoms with Gasteiger partial charge in [-0.15, -0.1) is 0 Å². The number of likely N-dealkylation sites (tertiary alicyclic amines) is 1. The minimum Gasteiger partial charge on any atom is -0.339 e. The number of fused-ring (bicyclic) bond motifs is 1. The van der Waals surface area contributed by atoms with Crippen molar-refractivity contribution in [2.75, 3.05) is 13.1 Å². The second-order valence-corrected chi connectivity index (χ2v) is 7.42. The molecule has 0 atom stereocenters. The Morgan fingerprint density at radius 1 is 0.690 bits per heavy atom. The monoisotopic (exact) mass is 379 g/mol. The van der Waals surface area contributed by atoms with E-state index in [-0.39, 0.29) is 5.91 Å². The average Bonchev–Trinajstić information content (AvgIpc) is 3.33. The highest BCUT2D eigenvalue weighted by atomic mass is 16.2. The summed E-state index contributed by atoms with van der Waals surface area (Å²) in [5.41, 5.74) is 6.65. The Bertz CT molecular complexity index is 1180. The van der Waals surface area contributed by atoms with Gasteiger partial charge < -0.3 is 4.90 Å². The number of rotatable bonds is 3. The third-order valence-electron chi connectivity index (χ3n) is 5.48. The summed E-state index contributed by atoms with van der Waals surface area (Å²) in [6.07, 6.45) is 5.57. The fraction of sp³-hybridized carbons (Fsp3) is 0.160. The van der Waals surface area contributed by atoms with E-state index in [4.69, 9.17) is 0 Å². The molecule has 0 spiro atoms. The molecule has 1 aliphatic heterocycles. The summed E-state index contributed by atoms with van der Waals surface area (Å²) in [7, 11) is 0. The molecule has 142 valence electrons. The molecule has 3 aromatic carbocycles. The van der Waals surface area contributed by atoms with Crippen LogP contribution in [0, 0.1) is 0 Å². The third kappa shape index (κ3) is 3.49. The highest BCUT2D eigenvalue weighted by molar-refractivity contribution is 5.97. The van der Waals surface area contributed by atoms with Gasteiger partial charge in [-0.2, -0.15) is 0 Å². The topological polar surface area (TPSA) is 46.1 Å². The van der Waals surface area contributed by atoms with E-state index in [2.05, 4.69) is 28.2 Å². The zero-order chi connectivity index (χ0) is 19.6. The molecule has 1 saturated heterocycles. The first-order valence-corrected chi connectivity index (χ1v) is 9.99. The van der Waals surface area contributed by atoms with Crippen LogP contribution in [0.15, 0.2) is 79.1 Å². The molecule has 0 bridgehead atoms. The first kappa shape index (κ1) is 17.6. The molecule has 4 aromatic rings. The van der Waals surface area contributed by atoms with E-state index in [9.17, 15) is 4.79 Å². The highest BCUT2D eigenvalue weighted by Gasteiger charge is 2.21. The van der Waals surface area contributed by atoms with Crippen LogP contribution in [-0.4, -0.2) is 33.9 Å². The predicted molar refractivity (Wildman–Crippen MR) is 116 cm³/mol. The molecule has 1 fully saturated rings. The molecule has 1 aliphatic rings. The van der Waals surface area contributed by atoms with E-state index >= 15 is 0 Å². The second kappa shape index (κ2) is 7.47. The zero-order valence-electron chi connectivity index (χ0n) is 16.1. The Morgan fingerprint density at radius 2 is 1.38 bits per heavy atom. The molecule has 4 nitrogen and oxygen atoms in total. The van der Waals surface area contributed by atoms with Gasteiger partial charge in [0.05, 0.1) is 11.0 Å². The van der Waals surface area contributed by atoms with Crippen LogP contribution in [0.1, 0.15) is 23.2 Å². The standard InChI is InChI=1S/C25H21N3O/c29-25(28-12-4-5-13-28)22-15-20(18-6-2-1-3-7-18)14-21(16-22)19-8-9-23-24(17-19)27-11-10-26-23/h1-3,6-11,14-17H,4-5,12-13H2. The van der Waals surface area contributed by atoms with Crippen molar-refractivity contribution in [3.8, 4) is 22.3 Å². The molecule has 0 radical (unpaired) electrons. The number of nitrogens with zero attached hydrogens (tertiary/aromatic N) is 3. The summed E-state index contributed by atoms with van der Waals surface area (Å²) in [5, 5.41) is 0. The van der Waals surface area contributed by atoms with Crippen molar-refractivity contribution < 1.29 is 4.79 Å². The third-order valence-corrected chi connectivity index (χ3v) is 5.48. The van der Waals surface area contributed by atoms with Gasteiger partial charge in [0.1, 0.15) is 0 Å². The van der Waals surface area contributed by atoms with E-state index in [1.165, 1.54) is 0 Å². The van der Waals surface area contributed by atoms with Crippen LogP contribution < -0.4 is 0 Å². The normalized spacial score (nSPS) is 13.7. The Kier molecular flexibility index (Phi) is 4.53. The molecule has 0 aliphatic carbocycles. The van der Waals surface area contributed by atoms with Gasteiger partial charge in [-0.1, -0.05) is 36.4 Å². The van der Waals surface area contributed by atoms with E-state index in [0.29, 0.717) is 0 Å². The lowest BCUT2D eigenvalue weighted by molar-refractivity contribution is 0.0793. The van der Waals surface area contributed by atoms with E-state index in [1.54, 1.807) is 12.4 Å². The molecule has 2 heterocycles. The van der Waals surface area contributed by atoms with Gasteiger partial charge in [-0.3, -0.25) is 14.8 Å². The summed E-state index contributed by atoms with van der Waals surface area (Å²) in [4.78, 5) is 23.9. The maximum atomic E-state index is 13.1. The summed E-state index contributed by atoms with van der Waals surface area (Å²) in [6, 6.07) is 22.4. The van der Waals surface area contributed by atoms with Crippen molar-refractivity contribution in [3.05, 3.63) is 84.7 Å². The number of amides is 1. The number of hydrogen-bond donors (Lipinski definition) is 0. The van der Waals surface area contributed by atoms with E-state index in [0.717, 1.165) is 64.8 Å². The van der Waals surface area contributed by atoms with Crippen molar-refractivity contribution in [3.63, 3.8) is 0 Å². The molecule has 0 unspecified atom stereocenters. The molecular formula is C25H21N3O. The maximum absolute atomic E-state index is 13.1. The lowest BCUT2D eigenvalue weighted by Crippen LogP contribution is -2.27. The minimum absolute atomic E-state index is 0.113. The summed E-state index contributed by atoms with van der Waals surface area (Å²) < 4.78 is 0. The van der Waals surface area contributed by atoms with Gasteiger partial charge in [-0.05, 0) is 65.4 Å². The number of aromatic nitrogens is 2. The van der Waals surface area contributed by atoms with Gasteiger partial charge >= 0.3 is 0 Å². The first-order valence-electron chi connectivity index (χ1n) is 9.99. The fourth-order valence-electron chi connectivity index (χ4n) is 3.96. The maximum Gasteiger partial charge on any atom is 0.253 e. The van der Waals surface area contributed by atoms with Crippen LogP contribution in [0.4, 0.5) is 0 Å². The molecule has 4 heteroatoms. The molecule has 0 N–H and O–H groups in total. The fourth-order valence-corrected chi connectivity index (χ4v) is 3.96. The van der Waals surface area contributed by atoms with Crippen LogP contribution in [0.2, 0.25) is 0 Å². The van der Waals surface area contributed by atoms with Crippen molar-refractivity contribution in [1.29, 1.82) is 0 Å². The predicted octanol–water partition coefficient (Wildman–Crippen LogP) is 5.20. The van der Waals surface area contributed by atoms with Crippen LogP contribution in [0.25, 0.3) is 33.3 Å². The number of benzene rings is 3. The summed E-state index contributed by atoms with van der Waals surface area (Å²) >= 11 is 0. The van der Waals surface area contributed by atoms with Crippen LogP contribution in [-0.2, 0) is 0 Å². The Morgan fingerprint density at radius 3 is 2.14 bits per heavy atom. The summed E-state index contributed by atoms with van der Waals surface area (Å²) in [5.74, 6) is 0.113. The van der Waals surface area contributed by atoms with Crippen LogP contribution in [0.3, 0.4) is 0 Å². The quantitative estimate of drug-likeness (QED) is 0.491. The minimum atomic E-state index is 0.113. The highest BCUT2D eigenvalue weighted by Crippen LogP contribution is 2.30. The SMILES string of the molecule is O=C(c1cc(-c2ccccc2)cc(-c2ccc3nccnc3c2)c1)N1CCCC1. The first-order chi connectivity index (χ1) is 14.3. The Balaban J connectivity index is 1.64. The molecular weight excluding hydrogens is 358 g/mol. The zero-order valence-corrected chi connectivity index (χ0v) is 16.1. The Labute approximate surface area is 169 Å².